The van der Waals surface area contributed by atoms with E-state index < -0.39 is 22.4 Å². The van der Waals surface area contributed by atoms with Crippen molar-refractivity contribution in [3.05, 3.63) is 35.9 Å². The summed E-state index contributed by atoms with van der Waals surface area (Å²) in [5.74, 6) is -0.240. The Bertz CT molecular complexity index is 816. The molecule has 1 aromatic rings. The summed E-state index contributed by atoms with van der Waals surface area (Å²) in [6, 6.07) is 6.64. The smallest absolute Gasteiger partial charge is 0.331 e. The highest BCUT2D eigenvalue weighted by Crippen LogP contribution is 2.21. The topological polar surface area (TPSA) is 90.0 Å². The minimum absolute atomic E-state index is 0.0333. The zero-order valence-corrected chi connectivity index (χ0v) is 17.3. The van der Waals surface area contributed by atoms with E-state index in [1.54, 1.807) is 42.4 Å². The molecular formula is C20H27NO6S. The van der Waals surface area contributed by atoms with E-state index >= 15 is 0 Å². The highest BCUT2D eigenvalue weighted by Gasteiger charge is 2.36. The Labute approximate surface area is 166 Å². The lowest BCUT2D eigenvalue weighted by Crippen LogP contribution is -2.48. The minimum Gasteiger partial charge on any atom is -0.497 e. The number of amides is 1. The van der Waals surface area contributed by atoms with Gasteiger partial charge in [-0.2, -0.15) is 0 Å². The number of esters is 1. The van der Waals surface area contributed by atoms with Crippen LogP contribution in [0, 0.1) is 0 Å². The normalized spacial score (nSPS) is 19.3. The molecule has 1 heterocycles. The van der Waals surface area contributed by atoms with Gasteiger partial charge in [-0.1, -0.05) is 19.1 Å². The van der Waals surface area contributed by atoms with Crippen LogP contribution in [0.25, 0.3) is 6.08 Å². The van der Waals surface area contributed by atoms with Crippen molar-refractivity contribution in [2.45, 2.75) is 38.8 Å². The maximum atomic E-state index is 12.6. The van der Waals surface area contributed by atoms with Gasteiger partial charge in [0.05, 0.1) is 18.6 Å². The summed E-state index contributed by atoms with van der Waals surface area (Å²) in [6.45, 7) is 3.39. The molecule has 2 atom stereocenters. The van der Waals surface area contributed by atoms with Crippen molar-refractivity contribution >= 4 is 27.8 Å². The fraction of sp³-hybridized carbons (Fsp3) is 0.500. The molecule has 1 fully saturated rings. The van der Waals surface area contributed by atoms with Crippen molar-refractivity contribution in [1.29, 1.82) is 0 Å². The lowest BCUT2D eigenvalue weighted by Gasteiger charge is -2.33. The summed E-state index contributed by atoms with van der Waals surface area (Å²) in [5.41, 5.74) is 0.793. The van der Waals surface area contributed by atoms with E-state index in [9.17, 15) is 18.0 Å². The van der Waals surface area contributed by atoms with Crippen molar-refractivity contribution in [3.8, 4) is 5.75 Å². The van der Waals surface area contributed by atoms with Crippen LogP contribution in [-0.4, -0.2) is 62.5 Å². The number of nitrogens with zero attached hydrogens (tertiary/aromatic N) is 1. The van der Waals surface area contributed by atoms with Gasteiger partial charge in [-0.25, -0.2) is 13.2 Å². The van der Waals surface area contributed by atoms with Gasteiger partial charge >= 0.3 is 5.97 Å². The van der Waals surface area contributed by atoms with Gasteiger partial charge in [0, 0.05) is 18.2 Å². The first-order valence-corrected chi connectivity index (χ1v) is 11.1. The number of methoxy groups -OCH3 is 1. The zero-order chi connectivity index (χ0) is 20.7. The molecule has 0 saturated carbocycles. The molecule has 7 nitrogen and oxygen atoms in total. The molecule has 0 aliphatic carbocycles. The van der Waals surface area contributed by atoms with Crippen molar-refractivity contribution in [2.24, 2.45) is 0 Å². The van der Waals surface area contributed by atoms with E-state index in [1.165, 1.54) is 6.08 Å². The molecule has 1 aliphatic rings. The number of carbonyl (C=O) groups excluding carboxylic acids is 2. The Kier molecular flexibility index (Phi) is 7.62. The standard InChI is InChI=1S/C20H27NO6S/c1-4-15(2)21(17-11-12-28(24,25)14-17)19(22)13-27-20(23)10-7-16-5-8-18(26-3)9-6-16/h5-10,15,17H,4,11-14H2,1-3H3/b10-7+/t15-,17-/m1/s1. The first-order chi connectivity index (χ1) is 13.3. The Balaban J connectivity index is 1.93. The van der Waals surface area contributed by atoms with E-state index in [0.717, 1.165) is 5.56 Å². The summed E-state index contributed by atoms with van der Waals surface area (Å²) in [5, 5.41) is 0. The van der Waals surface area contributed by atoms with Crippen molar-refractivity contribution < 1.29 is 27.5 Å². The Hall–Kier alpha value is -2.35. The van der Waals surface area contributed by atoms with Crippen LogP contribution in [0.5, 0.6) is 5.75 Å². The lowest BCUT2D eigenvalue weighted by molar-refractivity contribution is -0.150. The molecule has 1 aliphatic heterocycles. The highest BCUT2D eigenvalue weighted by atomic mass is 32.2. The Morgan fingerprint density at radius 1 is 1.29 bits per heavy atom. The molecule has 8 heteroatoms. The maximum Gasteiger partial charge on any atom is 0.331 e. The first kappa shape index (κ1) is 21.9. The van der Waals surface area contributed by atoms with Crippen molar-refractivity contribution in [1.82, 2.24) is 4.90 Å². The summed E-state index contributed by atoms with van der Waals surface area (Å²) >= 11 is 0. The second kappa shape index (κ2) is 9.73. The molecule has 0 unspecified atom stereocenters. The summed E-state index contributed by atoms with van der Waals surface area (Å²) in [4.78, 5) is 26.1. The van der Waals surface area contributed by atoms with Crippen molar-refractivity contribution in [3.63, 3.8) is 0 Å². The number of ether oxygens (including phenoxy) is 2. The second-order valence-corrected chi connectivity index (χ2v) is 9.06. The number of hydrogen-bond acceptors (Lipinski definition) is 6. The number of carbonyl (C=O) groups is 2. The number of rotatable bonds is 8. The highest BCUT2D eigenvalue weighted by molar-refractivity contribution is 7.91. The summed E-state index contributed by atoms with van der Waals surface area (Å²) in [6.07, 6.45) is 3.95. The lowest BCUT2D eigenvalue weighted by atomic mass is 10.1. The fourth-order valence-electron chi connectivity index (χ4n) is 3.14. The SMILES string of the molecule is CC[C@@H](C)N(C(=O)COC(=O)/C=C/c1ccc(OC)cc1)[C@@H]1CCS(=O)(=O)C1. The quantitative estimate of drug-likeness (QED) is 0.482. The molecule has 1 aromatic carbocycles. The Morgan fingerprint density at radius 3 is 2.50 bits per heavy atom. The Morgan fingerprint density at radius 2 is 1.96 bits per heavy atom. The van der Waals surface area contributed by atoms with Crippen LogP contribution in [0.2, 0.25) is 0 Å². The number of benzene rings is 1. The fourth-order valence-corrected chi connectivity index (χ4v) is 4.85. The molecule has 0 spiro atoms. The summed E-state index contributed by atoms with van der Waals surface area (Å²) in [7, 11) is -1.54. The predicted octanol–water partition coefficient (Wildman–Crippen LogP) is 2.07. The largest absolute Gasteiger partial charge is 0.497 e. The third-order valence-electron chi connectivity index (χ3n) is 4.82. The van der Waals surface area contributed by atoms with E-state index in [2.05, 4.69) is 0 Å². The third kappa shape index (κ3) is 6.09. The molecule has 0 N–H and O–H groups in total. The molecule has 0 bridgehead atoms. The van der Waals surface area contributed by atoms with Crippen LogP contribution in [0.3, 0.4) is 0 Å². The van der Waals surface area contributed by atoms with Crippen molar-refractivity contribution in [2.75, 3.05) is 25.2 Å². The molecule has 28 heavy (non-hydrogen) atoms. The van der Waals surface area contributed by atoms with Gasteiger partial charge in [0.2, 0.25) is 0 Å². The second-order valence-electron chi connectivity index (χ2n) is 6.83. The van der Waals surface area contributed by atoms with Crippen LogP contribution in [0.1, 0.15) is 32.3 Å². The van der Waals surface area contributed by atoms with Gasteiger partial charge in [-0.15, -0.1) is 0 Å². The first-order valence-electron chi connectivity index (χ1n) is 9.26. The van der Waals surface area contributed by atoms with Gasteiger partial charge in [0.25, 0.3) is 5.91 Å². The van der Waals surface area contributed by atoms with E-state index in [0.29, 0.717) is 18.6 Å². The van der Waals surface area contributed by atoms with Crippen LogP contribution < -0.4 is 4.74 Å². The van der Waals surface area contributed by atoms with Crippen LogP contribution in [-0.2, 0) is 24.2 Å². The maximum absolute atomic E-state index is 12.6. The van der Waals surface area contributed by atoms with Gasteiger partial charge in [-0.05, 0) is 43.5 Å². The van der Waals surface area contributed by atoms with Gasteiger partial charge in [0.15, 0.2) is 16.4 Å². The number of hydrogen-bond donors (Lipinski definition) is 0. The van der Waals surface area contributed by atoms with Crippen LogP contribution >= 0.6 is 0 Å². The number of sulfone groups is 1. The zero-order valence-electron chi connectivity index (χ0n) is 16.5. The van der Waals surface area contributed by atoms with Crippen LogP contribution in [0.15, 0.2) is 30.3 Å². The van der Waals surface area contributed by atoms with Gasteiger partial charge < -0.3 is 14.4 Å². The molecule has 154 valence electrons. The average molecular weight is 410 g/mol. The molecule has 1 saturated heterocycles. The molecule has 0 aromatic heterocycles. The van der Waals surface area contributed by atoms with E-state index in [-0.39, 0.29) is 29.5 Å². The molecule has 0 radical (unpaired) electrons. The van der Waals surface area contributed by atoms with Gasteiger partial charge in [-0.3, -0.25) is 4.79 Å². The minimum atomic E-state index is -3.11. The predicted molar refractivity (Wildman–Crippen MR) is 107 cm³/mol. The van der Waals surface area contributed by atoms with E-state index in [1.807, 2.05) is 13.8 Å². The van der Waals surface area contributed by atoms with Crippen LogP contribution in [0.4, 0.5) is 0 Å². The molecule has 1 amide bonds. The molecule has 2 rings (SSSR count). The summed E-state index contributed by atoms with van der Waals surface area (Å²) < 4.78 is 33.7. The third-order valence-corrected chi connectivity index (χ3v) is 6.57. The average Bonchev–Trinajstić information content (AvgIpc) is 3.04. The van der Waals surface area contributed by atoms with Gasteiger partial charge in [0.1, 0.15) is 5.75 Å². The monoisotopic (exact) mass is 409 g/mol. The van der Waals surface area contributed by atoms with E-state index in [4.69, 9.17) is 9.47 Å². The molecular weight excluding hydrogens is 382 g/mol.